The molecule has 3 rings (SSSR count). The van der Waals surface area contributed by atoms with Crippen molar-refractivity contribution in [2.45, 2.75) is 32.7 Å². The summed E-state index contributed by atoms with van der Waals surface area (Å²) in [6.45, 7) is 10.4. The molecule has 1 aliphatic heterocycles. The Morgan fingerprint density at radius 3 is 2.57 bits per heavy atom. The fourth-order valence-corrected chi connectivity index (χ4v) is 2.73. The van der Waals surface area contributed by atoms with Crippen LogP contribution < -0.4 is 10.2 Å². The lowest BCUT2D eigenvalue weighted by Gasteiger charge is -2.40. The van der Waals surface area contributed by atoms with E-state index in [0.717, 1.165) is 43.5 Å². The van der Waals surface area contributed by atoms with Gasteiger partial charge < -0.3 is 14.8 Å². The zero-order chi connectivity index (χ0) is 16.4. The van der Waals surface area contributed by atoms with Gasteiger partial charge in [-0.1, -0.05) is 20.8 Å². The van der Waals surface area contributed by atoms with Crippen LogP contribution in [0.2, 0.25) is 0 Å². The maximum Gasteiger partial charge on any atom is 0.151 e. The Morgan fingerprint density at radius 2 is 2.00 bits per heavy atom. The first kappa shape index (κ1) is 15.9. The minimum Gasteiger partial charge on any atom is -0.354 e. The third kappa shape index (κ3) is 3.69. The second-order valence-corrected chi connectivity index (χ2v) is 7.38. The van der Waals surface area contributed by atoms with E-state index in [0.29, 0.717) is 5.92 Å². The summed E-state index contributed by atoms with van der Waals surface area (Å²) < 4.78 is 2.05. The number of hydrogen-bond donors (Lipinski definition) is 1. The molecule has 3 heterocycles. The Hall–Kier alpha value is -1.95. The molecule has 2 aromatic heterocycles. The molecule has 6 heteroatoms. The Morgan fingerprint density at radius 1 is 1.22 bits per heavy atom. The number of aromatic nitrogens is 4. The summed E-state index contributed by atoms with van der Waals surface area (Å²) in [5.41, 5.74) is 1.09. The lowest BCUT2D eigenvalue weighted by Crippen LogP contribution is -2.51. The number of nitrogens with zero attached hydrogens (tertiary/aromatic N) is 5. The number of aryl methyl sites for hydroxylation is 1. The molecule has 1 fully saturated rings. The van der Waals surface area contributed by atoms with E-state index in [4.69, 9.17) is 0 Å². The first-order chi connectivity index (χ1) is 10.9. The second kappa shape index (κ2) is 6.28. The van der Waals surface area contributed by atoms with Crippen LogP contribution in [-0.2, 0) is 19.0 Å². The van der Waals surface area contributed by atoms with Gasteiger partial charge in [-0.25, -0.2) is 4.98 Å². The van der Waals surface area contributed by atoms with Crippen molar-refractivity contribution in [2.75, 3.05) is 24.5 Å². The molecule has 6 nitrogen and oxygen atoms in total. The molecule has 0 bridgehead atoms. The summed E-state index contributed by atoms with van der Waals surface area (Å²) in [5, 5.41) is 12.2. The van der Waals surface area contributed by atoms with Gasteiger partial charge in [-0.05, 0) is 12.1 Å². The van der Waals surface area contributed by atoms with Gasteiger partial charge in [-0.3, -0.25) is 0 Å². The summed E-state index contributed by atoms with van der Waals surface area (Å²) in [5.74, 6) is 2.72. The molecule has 0 aliphatic carbocycles. The van der Waals surface area contributed by atoms with E-state index in [-0.39, 0.29) is 5.41 Å². The van der Waals surface area contributed by atoms with Gasteiger partial charge in [0.15, 0.2) is 5.82 Å². The number of hydrogen-bond acceptors (Lipinski definition) is 5. The van der Waals surface area contributed by atoms with Crippen LogP contribution in [0.1, 0.15) is 32.3 Å². The van der Waals surface area contributed by atoms with Crippen molar-refractivity contribution in [2.24, 2.45) is 13.0 Å². The summed E-state index contributed by atoms with van der Waals surface area (Å²) in [6.07, 6.45) is 3.81. The zero-order valence-electron chi connectivity index (χ0n) is 14.5. The highest BCUT2D eigenvalue weighted by Gasteiger charge is 2.28. The quantitative estimate of drug-likeness (QED) is 0.911. The van der Waals surface area contributed by atoms with Crippen LogP contribution in [0.4, 0.5) is 5.82 Å². The van der Waals surface area contributed by atoms with E-state index in [2.05, 4.69) is 58.3 Å². The Bertz CT molecular complexity index is 634. The van der Waals surface area contributed by atoms with Crippen LogP contribution in [-0.4, -0.2) is 39.4 Å². The maximum atomic E-state index is 4.38. The average Bonchev–Trinajstić information content (AvgIpc) is 2.86. The van der Waals surface area contributed by atoms with Gasteiger partial charge in [0.2, 0.25) is 0 Å². The molecule has 0 aromatic carbocycles. The second-order valence-electron chi connectivity index (χ2n) is 7.38. The van der Waals surface area contributed by atoms with E-state index in [1.165, 1.54) is 0 Å². The van der Waals surface area contributed by atoms with Crippen LogP contribution in [0.3, 0.4) is 0 Å². The molecule has 1 N–H and O–H groups in total. The number of anilines is 1. The van der Waals surface area contributed by atoms with Crippen LogP contribution in [0, 0.1) is 5.92 Å². The lowest BCUT2D eigenvalue weighted by atomic mass is 9.92. The third-order valence-electron chi connectivity index (χ3n) is 4.34. The van der Waals surface area contributed by atoms with Crippen molar-refractivity contribution >= 4 is 5.82 Å². The van der Waals surface area contributed by atoms with Crippen LogP contribution >= 0.6 is 0 Å². The minimum absolute atomic E-state index is 0.0535. The summed E-state index contributed by atoms with van der Waals surface area (Å²) >= 11 is 0. The van der Waals surface area contributed by atoms with E-state index < -0.39 is 0 Å². The van der Waals surface area contributed by atoms with Crippen molar-refractivity contribution in [3.8, 4) is 0 Å². The highest BCUT2D eigenvalue weighted by atomic mass is 15.3. The van der Waals surface area contributed by atoms with Gasteiger partial charge in [0.25, 0.3) is 0 Å². The molecule has 0 amide bonds. The number of imidazole rings is 1. The smallest absolute Gasteiger partial charge is 0.151 e. The van der Waals surface area contributed by atoms with Crippen molar-refractivity contribution in [3.05, 3.63) is 36.0 Å². The Labute approximate surface area is 137 Å². The lowest BCUT2D eigenvalue weighted by molar-refractivity contribution is 0.378. The van der Waals surface area contributed by atoms with Gasteiger partial charge in [-0.15, -0.1) is 5.10 Å². The van der Waals surface area contributed by atoms with Crippen molar-refractivity contribution in [3.63, 3.8) is 0 Å². The molecule has 0 spiro atoms. The monoisotopic (exact) mass is 314 g/mol. The van der Waals surface area contributed by atoms with Crippen molar-refractivity contribution < 1.29 is 0 Å². The van der Waals surface area contributed by atoms with E-state index >= 15 is 0 Å². The molecule has 2 aromatic rings. The van der Waals surface area contributed by atoms with Gasteiger partial charge in [-0.2, -0.15) is 5.10 Å². The van der Waals surface area contributed by atoms with E-state index in [9.17, 15) is 0 Å². The SMILES string of the molecule is Cn1ccnc1CNCC1CN(c2ccc(C(C)(C)C)nn2)C1. The summed E-state index contributed by atoms with van der Waals surface area (Å²) in [7, 11) is 2.02. The predicted octanol–water partition coefficient (Wildman–Crippen LogP) is 1.73. The molecule has 1 aliphatic rings. The molecule has 23 heavy (non-hydrogen) atoms. The maximum absolute atomic E-state index is 4.38. The largest absolute Gasteiger partial charge is 0.354 e. The molecule has 0 unspecified atom stereocenters. The molecule has 0 saturated carbocycles. The van der Waals surface area contributed by atoms with Gasteiger partial charge in [0.05, 0.1) is 12.2 Å². The van der Waals surface area contributed by atoms with Crippen LogP contribution in [0.25, 0.3) is 0 Å². The van der Waals surface area contributed by atoms with E-state index in [1.807, 2.05) is 24.0 Å². The standard InChI is InChI=1S/C17H26N6/c1-17(2,3)14-5-6-15(21-20-14)23-11-13(12-23)9-18-10-16-19-7-8-22(16)4/h5-8,13,18H,9-12H2,1-4H3. The van der Waals surface area contributed by atoms with E-state index in [1.54, 1.807) is 0 Å². The van der Waals surface area contributed by atoms with Gasteiger partial charge in [0, 0.05) is 50.4 Å². The fraction of sp³-hybridized carbons (Fsp3) is 0.588. The number of rotatable bonds is 5. The normalized spacial score (nSPS) is 15.7. The van der Waals surface area contributed by atoms with Crippen LogP contribution in [0.15, 0.2) is 24.5 Å². The fourth-order valence-electron chi connectivity index (χ4n) is 2.73. The molecular weight excluding hydrogens is 288 g/mol. The zero-order valence-corrected chi connectivity index (χ0v) is 14.5. The van der Waals surface area contributed by atoms with Gasteiger partial charge >= 0.3 is 0 Å². The predicted molar refractivity (Wildman–Crippen MR) is 91.3 cm³/mol. The Kier molecular flexibility index (Phi) is 4.35. The van der Waals surface area contributed by atoms with Crippen molar-refractivity contribution in [1.82, 2.24) is 25.1 Å². The molecule has 0 atom stereocenters. The first-order valence-corrected chi connectivity index (χ1v) is 8.19. The Balaban J connectivity index is 1.43. The van der Waals surface area contributed by atoms with Crippen LogP contribution in [0.5, 0.6) is 0 Å². The third-order valence-corrected chi connectivity index (χ3v) is 4.34. The summed E-state index contributed by atoms with van der Waals surface area (Å²) in [6, 6.07) is 4.18. The average molecular weight is 314 g/mol. The van der Waals surface area contributed by atoms with Gasteiger partial charge in [0.1, 0.15) is 5.82 Å². The molecule has 0 radical (unpaired) electrons. The van der Waals surface area contributed by atoms with Crippen molar-refractivity contribution in [1.29, 1.82) is 0 Å². The topological polar surface area (TPSA) is 58.9 Å². The molecular formula is C17H26N6. The molecule has 124 valence electrons. The first-order valence-electron chi connectivity index (χ1n) is 8.19. The highest BCUT2D eigenvalue weighted by Crippen LogP contribution is 2.24. The summed E-state index contributed by atoms with van der Waals surface area (Å²) in [4.78, 5) is 6.60. The molecule has 1 saturated heterocycles. The minimum atomic E-state index is 0.0535. The number of nitrogens with one attached hydrogen (secondary N) is 1. The highest BCUT2D eigenvalue weighted by molar-refractivity contribution is 5.41.